The summed E-state index contributed by atoms with van der Waals surface area (Å²) in [5.74, 6) is -0.412. The number of carbonyl (C=O) groups is 1. The maximum absolute atomic E-state index is 11.7. The van der Waals surface area contributed by atoms with Gasteiger partial charge >= 0.3 is 5.97 Å². The smallest absolute Gasteiger partial charge is 0.337 e. The first kappa shape index (κ1) is 12.0. The molecule has 0 aliphatic carbocycles. The lowest BCUT2D eigenvalue weighted by molar-refractivity contribution is 0.0600. The van der Waals surface area contributed by atoms with Crippen LogP contribution in [0.25, 0.3) is 0 Å². The lowest BCUT2D eigenvalue weighted by Crippen LogP contribution is -2.05. The van der Waals surface area contributed by atoms with E-state index in [1.54, 1.807) is 0 Å². The monoisotopic (exact) mass is 224 g/mol. The Morgan fingerprint density at radius 3 is 2.19 bits per heavy atom. The van der Waals surface area contributed by atoms with E-state index in [0.29, 0.717) is 0 Å². The second-order valence-corrected chi connectivity index (χ2v) is 2.89. The second kappa shape index (κ2) is 5.16. The van der Waals surface area contributed by atoms with E-state index < -0.39 is 11.4 Å². The highest BCUT2D eigenvalue weighted by Gasteiger charge is 2.10. The SMILES string of the molecule is COC(=O)c1ccc(OC)c(=O)c(OC)c1. The fourth-order valence-corrected chi connectivity index (χ4v) is 1.17. The summed E-state index contributed by atoms with van der Waals surface area (Å²) in [4.78, 5) is 23.0. The molecule has 0 aliphatic heterocycles. The van der Waals surface area contributed by atoms with Gasteiger partial charge in [-0.3, -0.25) is 4.79 Å². The van der Waals surface area contributed by atoms with Gasteiger partial charge in [-0.05, 0) is 18.2 Å². The quantitative estimate of drug-likeness (QED) is 0.712. The molecular weight excluding hydrogens is 212 g/mol. The number of ether oxygens (including phenoxy) is 3. The van der Waals surface area contributed by atoms with Crippen molar-refractivity contribution in [3.05, 3.63) is 34.0 Å². The number of hydrogen-bond acceptors (Lipinski definition) is 5. The third-order valence-electron chi connectivity index (χ3n) is 2.01. The van der Waals surface area contributed by atoms with Gasteiger partial charge in [-0.25, -0.2) is 4.79 Å². The van der Waals surface area contributed by atoms with Crippen molar-refractivity contribution in [3.8, 4) is 11.5 Å². The summed E-state index contributed by atoms with van der Waals surface area (Å²) in [6.45, 7) is 0. The van der Waals surface area contributed by atoms with Gasteiger partial charge in [0.15, 0.2) is 11.5 Å². The Bertz CT molecular complexity index is 453. The van der Waals surface area contributed by atoms with Gasteiger partial charge in [0.25, 0.3) is 5.43 Å². The van der Waals surface area contributed by atoms with Crippen molar-refractivity contribution in [2.24, 2.45) is 0 Å². The van der Waals surface area contributed by atoms with Crippen molar-refractivity contribution < 1.29 is 19.0 Å². The standard InChI is InChI=1S/C11H12O5/c1-14-8-5-4-7(11(13)16-3)6-9(15-2)10(8)12/h4-6H,1-3H3. The van der Waals surface area contributed by atoms with Crippen molar-refractivity contribution in [2.45, 2.75) is 0 Å². The average Bonchev–Trinajstić information content (AvgIpc) is 2.47. The highest BCUT2D eigenvalue weighted by atomic mass is 16.5. The van der Waals surface area contributed by atoms with Crippen LogP contribution in [0.3, 0.4) is 0 Å². The molecule has 1 rings (SSSR count). The third kappa shape index (κ3) is 2.31. The van der Waals surface area contributed by atoms with E-state index >= 15 is 0 Å². The number of rotatable bonds is 3. The summed E-state index contributed by atoms with van der Waals surface area (Å²) in [7, 11) is 3.97. The van der Waals surface area contributed by atoms with Crippen LogP contribution in [0.2, 0.25) is 0 Å². The molecule has 1 aromatic carbocycles. The van der Waals surface area contributed by atoms with Crippen LogP contribution in [0.1, 0.15) is 10.4 Å². The first-order chi connectivity index (χ1) is 7.63. The van der Waals surface area contributed by atoms with Crippen LogP contribution in [0.4, 0.5) is 0 Å². The Kier molecular flexibility index (Phi) is 3.88. The van der Waals surface area contributed by atoms with Crippen molar-refractivity contribution in [3.63, 3.8) is 0 Å². The molecule has 0 aliphatic rings. The average molecular weight is 224 g/mol. The van der Waals surface area contributed by atoms with Crippen LogP contribution < -0.4 is 14.9 Å². The van der Waals surface area contributed by atoms with E-state index in [2.05, 4.69) is 4.74 Å². The molecule has 0 spiro atoms. The molecule has 16 heavy (non-hydrogen) atoms. The molecule has 5 heteroatoms. The minimum absolute atomic E-state index is 0.0299. The molecule has 86 valence electrons. The summed E-state index contributed by atoms with van der Waals surface area (Å²) < 4.78 is 14.3. The Morgan fingerprint density at radius 1 is 1.06 bits per heavy atom. The van der Waals surface area contributed by atoms with E-state index in [0.717, 1.165) is 0 Å². The Balaban J connectivity index is 3.45. The van der Waals surface area contributed by atoms with Gasteiger partial charge in [0.1, 0.15) is 0 Å². The maximum Gasteiger partial charge on any atom is 0.337 e. The summed E-state index contributed by atoms with van der Waals surface area (Å²) in [5.41, 5.74) is -0.195. The van der Waals surface area contributed by atoms with Gasteiger partial charge in [-0.15, -0.1) is 0 Å². The second-order valence-electron chi connectivity index (χ2n) is 2.89. The Labute approximate surface area is 92.6 Å². The molecule has 0 radical (unpaired) electrons. The van der Waals surface area contributed by atoms with Crippen molar-refractivity contribution in [1.82, 2.24) is 0 Å². The van der Waals surface area contributed by atoms with E-state index in [1.165, 1.54) is 39.5 Å². The molecular formula is C11H12O5. The Hall–Kier alpha value is -2.04. The summed E-state index contributed by atoms with van der Waals surface area (Å²) in [6, 6.07) is 4.16. The van der Waals surface area contributed by atoms with Gasteiger partial charge in [0.05, 0.1) is 26.9 Å². The summed E-state index contributed by atoms with van der Waals surface area (Å²) >= 11 is 0. The van der Waals surface area contributed by atoms with Crippen LogP contribution in [-0.2, 0) is 4.74 Å². The first-order valence-corrected chi connectivity index (χ1v) is 4.48. The van der Waals surface area contributed by atoms with Crippen molar-refractivity contribution in [1.29, 1.82) is 0 Å². The van der Waals surface area contributed by atoms with E-state index in [9.17, 15) is 9.59 Å². The fourth-order valence-electron chi connectivity index (χ4n) is 1.17. The van der Waals surface area contributed by atoms with Gasteiger partial charge in [0.2, 0.25) is 0 Å². The summed E-state index contributed by atoms with van der Waals surface area (Å²) in [5, 5.41) is 0. The number of carbonyl (C=O) groups excluding carboxylic acids is 1. The van der Waals surface area contributed by atoms with Gasteiger partial charge in [-0.2, -0.15) is 0 Å². The molecule has 0 saturated carbocycles. The number of methoxy groups -OCH3 is 3. The van der Waals surface area contributed by atoms with Crippen molar-refractivity contribution in [2.75, 3.05) is 21.3 Å². The normalized spacial score (nSPS) is 9.44. The molecule has 5 nitrogen and oxygen atoms in total. The van der Waals surface area contributed by atoms with Gasteiger partial charge in [-0.1, -0.05) is 0 Å². The molecule has 0 saturated heterocycles. The van der Waals surface area contributed by atoms with E-state index in [4.69, 9.17) is 9.47 Å². The van der Waals surface area contributed by atoms with E-state index in [-0.39, 0.29) is 17.1 Å². The third-order valence-corrected chi connectivity index (χ3v) is 2.01. The van der Waals surface area contributed by atoms with Crippen LogP contribution in [0.5, 0.6) is 11.5 Å². The lowest BCUT2D eigenvalue weighted by atomic mass is 10.3. The molecule has 0 N–H and O–H groups in total. The Morgan fingerprint density at radius 2 is 1.69 bits per heavy atom. The largest absolute Gasteiger partial charge is 0.493 e. The summed E-state index contributed by atoms with van der Waals surface area (Å²) in [6.07, 6.45) is 0. The zero-order valence-electron chi connectivity index (χ0n) is 9.27. The molecule has 0 heterocycles. The predicted octanol–water partition coefficient (Wildman–Crippen LogP) is 0.851. The molecule has 1 aromatic rings. The molecule has 0 aromatic heterocycles. The first-order valence-electron chi connectivity index (χ1n) is 4.48. The molecule has 0 unspecified atom stereocenters. The molecule has 0 atom stereocenters. The minimum atomic E-state index is -0.545. The highest BCUT2D eigenvalue weighted by Crippen LogP contribution is 2.13. The van der Waals surface area contributed by atoms with Crippen LogP contribution in [-0.4, -0.2) is 27.3 Å². The topological polar surface area (TPSA) is 61.8 Å². The zero-order chi connectivity index (χ0) is 12.1. The minimum Gasteiger partial charge on any atom is -0.493 e. The van der Waals surface area contributed by atoms with Crippen LogP contribution in [0.15, 0.2) is 23.0 Å². The van der Waals surface area contributed by atoms with Crippen molar-refractivity contribution >= 4 is 5.97 Å². The maximum atomic E-state index is 11.7. The van der Waals surface area contributed by atoms with E-state index in [1.807, 2.05) is 0 Å². The molecule has 0 amide bonds. The lowest BCUT2D eigenvalue weighted by Gasteiger charge is -1.97. The zero-order valence-corrected chi connectivity index (χ0v) is 9.27. The van der Waals surface area contributed by atoms with Gasteiger partial charge < -0.3 is 14.2 Å². The number of esters is 1. The molecule has 0 fully saturated rings. The molecule has 0 bridgehead atoms. The number of hydrogen-bond donors (Lipinski definition) is 0. The predicted molar refractivity (Wildman–Crippen MR) is 57.2 cm³/mol. The highest BCUT2D eigenvalue weighted by molar-refractivity contribution is 5.89. The van der Waals surface area contributed by atoms with Gasteiger partial charge in [0, 0.05) is 0 Å². The van der Waals surface area contributed by atoms with Crippen LogP contribution in [0, 0.1) is 0 Å². The fraction of sp³-hybridized carbons (Fsp3) is 0.273. The van der Waals surface area contributed by atoms with Crippen LogP contribution >= 0.6 is 0 Å².